The zero-order valence-corrected chi connectivity index (χ0v) is 11.2. The molecule has 1 nitrogen and oxygen atoms in total. The molecule has 0 aromatic heterocycles. The second-order valence-electron chi connectivity index (χ2n) is 5.52. The van der Waals surface area contributed by atoms with Crippen LogP contribution < -0.4 is 5.32 Å². The van der Waals surface area contributed by atoms with Gasteiger partial charge in [-0.1, -0.05) is 36.8 Å². The fourth-order valence-electron chi connectivity index (χ4n) is 2.89. The van der Waals surface area contributed by atoms with Gasteiger partial charge in [0.05, 0.1) is 0 Å². The Kier molecular flexibility index (Phi) is 4.54. The number of halogens is 1. The van der Waals surface area contributed by atoms with E-state index in [0.29, 0.717) is 18.4 Å². The van der Waals surface area contributed by atoms with Crippen LogP contribution >= 0.6 is 0 Å². The van der Waals surface area contributed by atoms with E-state index in [1.54, 1.807) is 6.07 Å². The summed E-state index contributed by atoms with van der Waals surface area (Å²) in [6, 6.07) is 6.98. The number of hydrogen-bond donors (Lipinski definition) is 1. The van der Waals surface area contributed by atoms with E-state index in [4.69, 9.17) is 0 Å². The highest BCUT2D eigenvalue weighted by molar-refractivity contribution is 5.17. The summed E-state index contributed by atoms with van der Waals surface area (Å²) >= 11 is 0. The number of nitrogens with one attached hydrogen (secondary N) is 1. The summed E-state index contributed by atoms with van der Waals surface area (Å²) < 4.78 is 13.4. The number of benzene rings is 1. The highest BCUT2D eigenvalue weighted by Gasteiger charge is 2.17. The third-order valence-corrected chi connectivity index (χ3v) is 3.59. The fourth-order valence-corrected chi connectivity index (χ4v) is 2.89. The van der Waals surface area contributed by atoms with Crippen molar-refractivity contribution in [3.8, 4) is 0 Å². The Morgan fingerprint density at radius 1 is 1.33 bits per heavy atom. The van der Waals surface area contributed by atoms with Gasteiger partial charge in [0.15, 0.2) is 0 Å². The van der Waals surface area contributed by atoms with Crippen molar-refractivity contribution in [3.63, 3.8) is 0 Å². The standard InChI is InChI=1S/C16H22FN/c1-12-7-13(2)9-14(8-12)10-18-11-15-5-3-4-6-16(15)17/h3-7,12,14,18H,8-11H2,1-2H3. The zero-order valence-electron chi connectivity index (χ0n) is 11.2. The van der Waals surface area contributed by atoms with Crippen molar-refractivity contribution in [1.29, 1.82) is 0 Å². The normalized spacial score (nSPS) is 23.8. The molecular formula is C16H22FN. The van der Waals surface area contributed by atoms with Gasteiger partial charge < -0.3 is 5.32 Å². The monoisotopic (exact) mass is 247 g/mol. The molecule has 1 aromatic rings. The topological polar surface area (TPSA) is 12.0 Å². The van der Waals surface area contributed by atoms with Crippen molar-refractivity contribution >= 4 is 0 Å². The molecule has 0 saturated heterocycles. The summed E-state index contributed by atoms with van der Waals surface area (Å²) in [5.74, 6) is 1.26. The van der Waals surface area contributed by atoms with Crippen LogP contribution in [-0.4, -0.2) is 6.54 Å². The molecule has 0 amide bonds. The van der Waals surface area contributed by atoms with Crippen LogP contribution in [0.2, 0.25) is 0 Å². The molecule has 0 radical (unpaired) electrons. The van der Waals surface area contributed by atoms with Crippen molar-refractivity contribution in [2.75, 3.05) is 6.54 Å². The molecule has 2 rings (SSSR count). The molecule has 0 fully saturated rings. The summed E-state index contributed by atoms with van der Waals surface area (Å²) in [5, 5.41) is 3.39. The van der Waals surface area contributed by atoms with E-state index in [0.717, 1.165) is 12.1 Å². The van der Waals surface area contributed by atoms with Crippen LogP contribution in [0, 0.1) is 17.7 Å². The lowest BCUT2D eigenvalue weighted by atomic mass is 9.84. The Morgan fingerprint density at radius 3 is 2.83 bits per heavy atom. The van der Waals surface area contributed by atoms with E-state index >= 15 is 0 Å². The maximum absolute atomic E-state index is 13.4. The van der Waals surface area contributed by atoms with Gasteiger partial charge in [-0.15, -0.1) is 0 Å². The number of hydrogen-bond acceptors (Lipinski definition) is 1. The highest BCUT2D eigenvalue weighted by atomic mass is 19.1. The maximum Gasteiger partial charge on any atom is 0.127 e. The summed E-state index contributed by atoms with van der Waals surface area (Å²) in [5.41, 5.74) is 2.25. The van der Waals surface area contributed by atoms with E-state index in [-0.39, 0.29) is 5.82 Å². The van der Waals surface area contributed by atoms with E-state index in [2.05, 4.69) is 25.2 Å². The van der Waals surface area contributed by atoms with Crippen molar-refractivity contribution in [3.05, 3.63) is 47.3 Å². The van der Waals surface area contributed by atoms with Gasteiger partial charge >= 0.3 is 0 Å². The molecule has 1 aromatic carbocycles. The minimum absolute atomic E-state index is 0.113. The van der Waals surface area contributed by atoms with Gasteiger partial charge in [-0.3, -0.25) is 0 Å². The Balaban J connectivity index is 1.80. The maximum atomic E-state index is 13.4. The first kappa shape index (κ1) is 13.3. The predicted octanol–water partition coefficient (Wildman–Crippen LogP) is 3.91. The van der Waals surface area contributed by atoms with E-state index < -0.39 is 0 Å². The van der Waals surface area contributed by atoms with Crippen molar-refractivity contribution in [2.45, 2.75) is 33.2 Å². The van der Waals surface area contributed by atoms with Gasteiger partial charge in [0, 0.05) is 12.1 Å². The Morgan fingerprint density at radius 2 is 2.11 bits per heavy atom. The summed E-state index contributed by atoms with van der Waals surface area (Å²) in [4.78, 5) is 0. The lowest BCUT2D eigenvalue weighted by Crippen LogP contribution is -2.26. The molecule has 2 atom stereocenters. The van der Waals surface area contributed by atoms with Crippen molar-refractivity contribution < 1.29 is 4.39 Å². The summed E-state index contributed by atoms with van der Waals surface area (Å²) in [7, 11) is 0. The zero-order chi connectivity index (χ0) is 13.0. The molecule has 0 bridgehead atoms. The molecule has 98 valence electrons. The van der Waals surface area contributed by atoms with Gasteiger partial charge in [0.2, 0.25) is 0 Å². The molecule has 0 saturated carbocycles. The molecule has 0 heterocycles. The lowest BCUT2D eigenvalue weighted by molar-refractivity contribution is 0.380. The molecule has 1 aliphatic carbocycles. The van der Waals surface area contributed by atoms with Crippen LogP contribution in [0.15, 0.2) is 35.9 Å². The van der Waals surface area contributed by atoms with Gasteiger partial charge in [-0.25, -0.2) is 4.39 Å². The molecular weight excluding hydrogens is 225 g/mol. The van der Waals surface area contributed by atoms with Crippen molar-refractivity contribution in [1.82, 2.24) is 5.32 Å². The first-order chi connectivity index (χ1) is 8.65. The summed E-state index contributed by atoms with van der Waals surface area (Å²) in [6.07, 6.45) is 4.78. The minimum atomic E-state index is -0.113. The third-order valence-electron chi connectivity index (χ3n) is 3.59. The number of allylic oxidation sites excluding steroid dienone is 2. The highest BCUT2D eigenvalue weighted by Crippen LogP contribution is 2.27. The van der Waals surface area contributed by atoms with Crippen LogP contribution in [0.4, 0.5) is 4.39 Å². The van der Waals surface area contributed by atoms with Crippen LogP contribution in [0.5, 0.6) is 0 Å². The summed E-state index contributed by atoms with van der Waals surface area (Å²) in [6.45, 7) is 6.08. The molecule has 0 spiro atoms. The molecule has 1 N–H and O–H groups in total. The van der Waals surface area contributed by atoms with Crippen molar-refractivity contribution in [2.24, 2.45) is 11.8 Å². The fraction of sp³-hybridized carbons (Fsp3) is 0.500. The molecule has 1 aliphatic rings. The van der Waals surface area contributed by atoms with Gasteiger partial charge in [-0.05, 0) is 44.2 Å². The largest absolute Gasteiger partial charge is 0.312 e. The predicted molar refractivity (Wildman–Crippen MR) is 73.8 cm³/mol. The third kappa shape index (κ3) is 3.67. The Bertz CT molecular complexity index is 425. The molecule has 2 unspecified atom stereocenters. The van der Waals surface area contributed by atoms with Gasteiger partial charge in [-0.2, -0.15) is 0 Å². The first-order valence-corrected chi connectivity index (χ1v) is 6.76. The van der Waals surface area contributed by atoms with Gasteiger partial charge in [0.1, 0.15) is 5.82 Å². The van der Waals surface area contributed by atoms with Gasteiger partial charge in [0.25, 0.3) is 0 Å². The molecule has 0 aliphatic heterocycles. The molecule has 18 heavy (non-hydrogen) atoms. The van der Waals surface area contributed by atoms with Crippen LogP contribution in [0.3, 0.4) is 0 Å². The van der Waals surface area contributed by atoms with Crippen LogP contribution in [0.1, 0.15) is 32.3 Å². The van der Waals surface area contributed by atoms with Crippen LogP contribution in [-0.2, 0) is 6.54 Å². The first-order valence-electron chi connectivity index (χ1n) is 6.76. The second kappa shape index (κ2) is 6.14. The smallest absolute Gasteiger partial charge is 0.127 e. The average Bonchev–Trinajstić information content (AvgIpc) is 2.30. The average molecular weight is 247 g/mol. The minimum Gasteiger partial charge on any atom is -0.312 e. The lowest BCUT2D eigenvalue weighted by Gasteiger charge is -2.25. The van der Waals surface area contributed by atoms with Crippen LogP contribution in [0.25, 0.3) is 0 Å². The Labute approximate surface area is 109 Å². The van der Waals surface area contributed by atoms with E-state index in [1.807, 2.05) is 12.1 Å². The van der Waals surface area contributed by atoms with E-state index in [1.165, 1.54) is 24.5 Å². The SMILES string of the molecule is CC1=CC(C)CC(CNCc2ccccc2F)C1. The quantitative estimate of drug-likeness (QED) is 0.795. The number of rotatable bonds is 4. The van der Waals surface area contributed by atoms with E-state index in [9.17, 15) is 4.39 Å². The second-order valence-corrected chi connectivity index (χ2v) is 5.52. The molecule has 2 heteroatoms. The Hall–Kier alpha value is -1.15.